The molecule has 1 N–H and O–H groups in total. The smallest absolute Gasteiger partial charge is 0.151 e. The summed E-state index contributed by atoms with van der Waals surface area (Å²) in [6.07, 6.45) is 4.63. The molecule has 21 heavy (non-hydrogen) atoms. The Balaban J connectivity index is 1.99. The quantitative estimate of drug-likeness (QED) is 0.842. The Morgan fingerprint density at radius 1 is 1.29 bits per heavy atom. The predicted octanol–water partition coefficient (Wildman–Crippen LogP) is 1.91. The first-order chi connectivity index (χ1) is 9.75. The van der Waals surface area contributed by atoms with Crippen molar-refractivity contribution in [2.75, 3.05) is 31.6 Å². The van der Waals surface area contributed by atoms with Crippen LogP contribution < -0.4 is 5.32 Å². The van der Waals surface area contributed by atoms with Crippen LogP contribution in [0.2, 0.25) is 0 Å². The molecule has 1 aliphatic carbocycles. The molecule has 2 fully saturated rings. The molecule has 3 unspecified atom stereocenters. The summed E-state index contributed by atoms with van der Waals surface area (Å²) < 4.78 is 23.3. The van der Waals surface area contributed by atoms with E-state index in [2.05, 4.69) is 38.0 Å². The van der Waals surface area contributed by atoms with E-state index in [-0.39, 0.29) is 6.04 Å². The molecule has 0 aromatic carbocycles. The van der Waals surface area contributed by atoms with Crippen LogP contribution in [0.15, 0.2) is 0 Å². The summed E-state index contributed by atoms with van der Waals surface area (Å²) in [5.74, 6) is 1.35. The molecule has 0 radical (unpaired) electrons. The largest absolute Gasteiger partial charge is 0.313 e. The normalized spacial score (nSPS) is 35.2. The molecule has 0 aromatic heterocycles. The predicted molar refractivity (Wildman–Crippen MR) is 88.3 cm³/mol. The molecular formula is C16H32N2O2S. The fourth-order valence-corrected chi connectivity index (χ4v) is 6.09. The minimum absolute atomic E-state index is 0.224. The molecule has 0 aromatic rings. The Labute approximate surface area is 130 Å². The maximum Gasteiger partial charge on any atom is 0.151 e. The molecule has 2 rings (SSSR count). The van der Waals surface area contributed by atoms with Gasteiger partial charge in [0.2, 0.25) is 0 Å². The lowest BCUT2D eigenvalue weighted by molar-refractivity contribution is 0.0780. The van der Waals surface area contributed by atoms with E-state index in [0.29, 0.717) is 28.9 Å². The zero-order valence-electron chi connectivity index (χ0n) is 14.1. The van der Waals surface area contributed by atoms with Gasteiger partial charge in [0.05, 0.1) is 11.5 Å². The van der Waals surface area contributed by atoms with Gasteiger partial charge in [-0.15, -0.1) is 0 Å². The summed E-state index contributed by atoms with van der Waals surface area (Å²) in [5, 5.41) is 3.69. The van der Waals surface area contributed by atoms with Crippen molar-refractivity contribution in [1.29, 1.82) is 0 Å². The highest BCUT2D eigenvalue weighted by Gasteiger charge is 2.40. The number of hydrogen-bond acceptors (Lipinski definition) is 4. The summed E-state index contributed by atoms with van der Waals surface area (Å²) in [5.41, 5.74) is 0.335. The first-order valence-electron chi connectivity index (χ1n) is 8.39. The highest BCUT2D eigenvalue weighted by molar-refractivity contribution is 7.91. The maximum atomic E-state index is 11.7. The first-order valence-corrected chi connectivity index (χ1v) is 10.2. The molecule has 2 aliphatic rings. The fraction of sp³-hybridized carbons (Fsp3) is 1.00. The highest BCUT2D eigenvalue weighted by atomic mass is 32.2. The SMILES string of the molecule is CCNC1C(CN(C)C2CCS(=O)(=O)C2)CCCC1(C)C. The van der Waals surface area contributed by atoms with E-state index >= 15 is 0 Å². The molecule has 1 heterocycles. The van der Waals surface area contributed by atoms with E-state index < -0.39 is 9.84 Å². The van der Waals surface area contributed by atoms with Crippen molar-refractivity contribution in [2.24, 2.45) is 11.3 Å². The van der Waals surface area contributed by atoms with Gasteiger partial charge in [-0.05, 0) is 44.2 Å². The van der Waals surface area contributed by atoms with Crippen molar-refractivity contribution in [1.82, 2.24) is 10.2 Å². The van der Waals surface area contributed by atoms with Crippen LogP contribution in [-0.4, -0.2) is 57.0 Å². The third-order valence-electron chi connectivity index (χ3n) is 5.49. The summed E-state index contributed by atoms with van der Waals surface area (Å²) in [6, 6.07) is 0.763. The van der Waals surface area contributed by atoms with Crippen molar-refractivity contribution >= 4 is 9.84 Å². The lowest BCUT2D eigenvalue weighted by Crippen LogP contribution is -2.53. The monoisotopic (exact) mass is 316 g/mol. The number of nitrogens with zero attached hydrogens (tertiary/aromatic N) is 1. The van der Waals surface area contributed by atoms with E-state index in [9.17, 15) is 8.42 Å². The molecule has 4 nitrogen and oxygen atoms in total. The second kappa shape index (κ2) is 6.55. The van der Waals surface area contributed by atoms with E-state index in [0.717, 1.165) is 19.5 Å². The van der Waals surface area contributed by atoms with Crippen LogP contribution in [0.5, 0.6) is 0 Å². The van der Waals surface area contributed by atoms with Gasteiger partial charge in [0.1, 0.15) is 0 Å². The summed E-state index contributed by atoms with van der Waals surface area (Å²) in [7, 11) is -0.678. The molecule has 1 saturated heterocycles. The number of hydrogen-bond donors (Lipinski definition) is 1. The molecule has 1 aliphatic heterocycles. The average Bonchev–Trinajstić information content (AvgIpc) is 2.74. The van der Waals surface area contributed by atoms with E-state index in [1.54, 1.807) is 0 Å². The Morgan fingerprint density at radius 2 is 2.00 bits per heavy atom. The van der Waals surface area contributed by atoms with Crippen LogP contribution in [0.1, 0.15) is 46.5 Å². The Bertz CT molecular complexity index is 447. The minimum atomic E-state index is -2.79. The number of rotatable bonds is 5. The summed E-state index contributed by atoms with van der Waals surface area (Å²) >= 11 is 0. The minimum Gasteiger partial charge on any atom is -0.313 e. The topological polar surface area (TPSA) is 49.4 Å². The van der Waals surface area contributed by atoms with Crippen molar-refractivity contribution in [2.45, 2.75) is 58.5 Å². The maximum absolute atomic E-state index is 11.7. The lowest BCUT2D eigenvalue weighted by atomic mass is 9.67. The van der Waals surface area contributed by atoms with Gasteiger partial charge >= 0.3 is 0 Å². The first kappa shape index (κ1) is 17.2. The second-order valence-corrected chi connectivity index (χ2v) is 9.90. The van der Waals surface area contributed by atoms with Crippen LogP contribution >= 0.6 is 0 Å². The van der Waals surface area contributed by atoms with E-state index in [1.807, 2.05) is 0 Å². The molecular weight excluding hydrogens is 284 g/mol. The average molecular weight is 317 g/mol. The van der Waals surface area contributed by atoms with Crippen molar-refractivity contribution in [3.8, 4) is 0 Å². The van der Waals surface area contributed by atoms with Crippen molar-refractivity contribution in [3.05, 3.63) is 0 Å². The van der Waals surface area contributed by atoms with Gasteiger partial charge < -0.3 is 10.2 Å². The second-order valence-electron chi connectivity index (χ2n) is 7.67. The van der Waals surface area contributed by atoms with Crippen LogP contribution in [-0.2, 0) is 9.84 Å². The third kappa shape index (κ3) is 4.20. The van der Waals surface area contributed by atoms with Crippen molar-refractivity contribution in [3.63, 3.8) is 0 Å². The van der Waals surface area contributed by atoms with Crippen LogP contribution in [0, 0.1) is 11.3 Å². The molecule has 124 valence electrons. The van der Waals surface area contributed by atoms with Crippen LogP contribution in [0.3, 0.4) is 0 Å². The van der Waals surface area contributed by atoms with Gasteiger partial charge in [-0.1, -0.05) is 27.2 Å². The standard InChI is InChI=1S/C16H32N2O2S/c1-5-17-15-13(7-6-9-16(15,2)3)11-18(4)14-8-10-21(19,20)12-14/h13-15,17H,5-12H2,1-4H3. The highest BCUT2D eigenvalue weighted by Crippen LogP contribution is 2.39. The van der Waals surface area contributed by atoms with Gasteiger partial charge in [0.25, 0.3) is 0 Å². The third-order valence-corrected chi connectivity index (χ3v) is 7.24. The van der Waals surface area contributed by atoms with Gasteiger partial charge in [0, 0.05) is 18.6 Å². The van der Waals surface area contributed by atoms with Gasteiger partial charge in [-0.25, -0.2) is 8.42 Å². The molecule has 1 saturated carbocycles. The summed E-state index contributed by atoms with van der Waals surface area (Å²) in [4.78, 5) is 2.31. The lowest BCUT2D eigenvalue weighted by Gasteiger charge is -2.46. The number of nitrogens with one attached hydrogen (secondary N) is 1. The fourth-order valence-electron chi connectivity index (χ4n) is 4.28. The Hall–Kier alpha value is -0.130. The van der Waals surface area contributed by atoms with Gasteiger partial charge in [-0.2, -0.15) is 0 Å². The zero-order valence-corrected chi connectivity index (χ0v) is 14.9. The molecule has 0 bridgehead atoms. The summed E-state index contributed by atoms with van der Waals surface area (Å²) in [6.45, 7) is 8.93. The molecule has 0 amide bonds. The van der Waals surface area contributed by atoms with Gasteiger partial charge in [-0.3, -0.25) is 0 Å². The Kier molecular flexibility index (Phi) is 5.37. The van der Waals surface area contributed by atoms with Crippen molar-refractivity contribution < 1.29 is 8.42 Å². The van der Waals surface area contributed by atoms with E-state index in [1.165, 1.54) is 19.3 Å². The number of sulfone groups is 1. The molecule has 0 spiro atoms. The zero-order chi connectivity index (χ0) is 15.7. The van der Waals surface area contributed by atoms with E-state index in [4.69, 9.17) is 0 Å². The van der Waals surface area contributed by atoms with Crippen LogP contribution in [0.25, 0.3) is 0 Å². The Morgan fingerprint density at radius 3 is 2.57 bits per heavy atom. The van der Waals surface area contributed by atoms with Crippen LogP contribution in [0.4, 0.5) is 0 Å². The van der Waals surface area contributed by atoms with Gasteiger partial charge in [0.15, 0.2) is 9.84 Å². The molecule has 5 heteroatoms. The molecule has 3 atom stereocenters.